The van der Waals surface area contributed by atoms with Gasteiger partial charge in [0.1, 0.15) is 4.90 Å². The van der Waals surface area contributed by atoms with Crippen LogP contribution in [0.2, 0.25) is 0 Å². The number of primary amides is 1. The minimum absolute atomic E-state index is 0.193. The Bertz CT molecular complexity index is 472. The van der Waals surface area contributed by atoms with Gasteiger partial charge in [0.25, 0.3) is 10.1 Å². The van der Waals surface area contributed by atoms with Crippen LogP contribution in [0.15, 0.2) is 34.1 Å². The van der Waals surface area contributed by atoms with E-state index in [2.05, 4.69) is 4.72 Å². The standard InChI is InChI=1S/C7H8N2O4S2/c8-7(10)9-14-5-3-1-2-4-6(5)15(11,12)13/h1-4H,(H3,8,9,10)(H,11,12,13). The highest BCUT2D eigenvalue weighted by Gasteiger charge is 2.15. The summed E-state index contributed by atoms with van der Waals surface area (Å²) >= 11 is 0.718. The maximum atomic E-state index is 10.9. The zero-order valence-corrected chi connectivity index (χ0v) is 9.01. The van der Waals surface area contributed by atoms with Gasteiger partial charge in [0.15, 0.2) is 0 Å². The van der Waals surface area contributed by atoms with E-state index in [9.17, 15) is 13.2 Å². The second-order valence-corrected chi connectivity index (χ2v) is 4.73. The molecule has 0 bridgehead atoms. The summed E-state index contributed by atoms with van der Waals surface area (Å²) in [4.78, 5) is 10.3. The molecule has 1 aromatic carbocycles. The molecule has 15 heavy (non-hydrogen) atoms. The van der Waals surface area contributed by atoms with Crippen LogP contribution in [0.5, 0.6) is 0 Å². The van der Waals surface area contributed by atoms with Gasteiger partial charge in [-0.25, -0.2) is 4.79 Å². The number of benzene rings is 1. The van der Waals surface area contributed by atoms with Gasteiger partial charge in [0.2, 0.25) is 0 Å². The topological polar surface area (TPSA) is 109 Å². The normalized spacial score (nSPS) is 11.0. The number of rotatable bonds is 3. The third-order valence-corrected chi connectivity index (χ3v) is 3.31. The van der Waals surface area contributed by atoms with E-state index in [1.807, 2.05) is 0 Å². The van der Waals surface area contributed by atoms with Crippen LogP contribution in [0.1, 0.15) is 0 Å². The average molecular weight is 248 g/mol. The lowest BCUT2D eigenvalue weighted by molar-refractivity contribution is 0.254. The van der Waals surface area contributed by atoms with Gasteiger partial charge in [-0.15, -0.1) is 0 Å². The van der Waals surface area contributed by atoms with Crippen LogP contribution in [0, 0.1) is 0 Å². The Hall–Kier alpha value is -1.25. The Morgan fingerprint density at radius 1 is 1.40 bits per heavy atom. The van der Waals surface area contributed by atoms with Gasteiger partial charge < -0.3 is 5.73 Å². The SMILES string of the molecule is NC(=O)NSc1ccccc1S(=O)(=O)O. The monoisotopic (exact) mass is 248 g/mol. The molecule has 8 heteroatoms. The van der Waals surface area contributed by atoms with Crippen LogP contribution in [-0.2, 0) is 10.1 Å². The summed E-state index contributed by atoms with van der Waals surface area (Å²) in [5, 5.41) is 0. The number of nitrogens with two attached hydrogens (primary N) is 1. The first kappa shape index (κ1) is 11.8. The molecule has 0 heterocycles. The lowest BCUT2D eigenvalue weighted by Gasteiger charge is -2.05. The number of nitrogens with one attached hydrogen (secondary N) is 1. The molecule has 1 aromatic rings. The molecular weight excluding hydrogens is 240 g/mol. The maximum absolute atomic E-state index is 10.9. The Morgan fingerprint density at radius 2 is 2.00 bits per heavy atom. The molecule has 0 unspecified atom stereocenters. The Morgan fingerprint density at radius 3 is 2.53 bits per heavy atom. The predicted octanol–water partition coefficient (Wildman–Crippen LogP) is 0.609. The van der Waals surface area contributed by atoms with Crippen molar-refractivity contribution in [1.82, 2.24) is 4.72 Å². The van der Waals surface area contributed by atoms with Crippen LogP contribution < -0.4 is 10.5 Å². The number of hydrogen-bond acceptors (Lipinski definition) is 4. The largest absolute Gasteiger partial charge is 0.351 e. The molecular formula is C7H8N2O4S2. The summed E-state index contributed by atoms with van der Waals surface area (Å²) in [5.74, 6) is 0. The van der Waals surface area contributed by atoms with E-state index in [1.165, 1.54) is 18.2 Å². The van der Waals surface area contributed by atoms with Crippen LogP contribution in [0.3, 0.4) is 0 Å². The van der Waals surface area contributed by atoms with Crippen LogP contribution in [-0.4, -0.2) is 19.0 Å². The lowest BCUT2D eigenvalue weighted by atomic mass is 10.4. The molecule has 82 valence electrons. The van der Waals surface area contributed by atoms with E-state index in [1.54, 1.807) is 6.07 Å². The maximum Gasteiger partial charge on any atom is 0.322 e. The summed E-state index contributed by atoms with van der Waals surface area (Å²) in [6, 6.07) is 4.88. The predicted molar refractivity (Wildman–Crippen MR) is 54.8 cm³/mol. The summed E-state index contributed by atoms with van der Waals surface area (Å²) < 4.78 is 32.8. The number of carbonyl (C=O) groups is 1. The van der Waals surface area contributed by atoms with E-state index in [4.69, 9.17) is 10.3 Å². The molecule has 2 amide bonds. The van der Waals surface area contributed by atoms with Crippen LogP contribution in [0.4, 0.5) is 4.79 Å². The third kappa shape index (κ3) is 3.42. The number of amides is 2. The molecule has 0 saturated heterocycles. The highest BCUT2D eigenvalue weighted by Crippen LogP contribution is 2.23. The summed E-state index contributed by atoms with van der Waals surface area (Å²) in [6.45, 7) is 0. The van der Waals surface area contributed by atoms with Gasteiger partial charge in [0, 0.05) is 4.90 Å². The van der Waals surface area contributed by atoms with Crippen molar-refractivity contribution in [3.8, 4) is 0 Å². The van der Waals surface area contributed by atoms with Gasteiger partial charge in [-0.3, -0.25) is 9.27 Å². The Labute approximate surface area is 90.7 Å². The highest BCUT2D eigenvalue weighted by molar-refractivity contribution is 7.98. The van der Waals surface area contributed by atoms with Crippen molar-refractivity contribution < 1.29 is 17.8 Å². The second-order valence-electron chi connectivity index (χ2n) is 2.49. The lowest BCUT2D eigenvalue weighted by Crippen LogP contribution is -2.23. The van der Waals surface area contributed by atoms with Gasteiger partial charge >= 0.3 is 6.03 Å². The quantitative estimate of drug-likeness (QED) is 0.536. The molecule has 0 aliphatic heterocycles. The van der Waals surface area contributed by atoms with Crippen molar-refractivity contribution in [3.63, 3.8) is 0 Å². The van der Waals surface area contributed by atoms with Gasteiger partial charge in [-0.2, -0.15) is 8.42 Å². The van der Waals surface area contributed by atoms with E-state index in [0.29, 0.717) is 0 Å². The van der Waals surface area contributed by atoms with Crippen molar-refractivity contribution >= 4 is 28.1 Å². The number of hydrogen-bond donors (Lipinski definition) is 3. The van der Waals surface area contributed by atoms with E-state index in [-0.39, 0.29) is 9.79 Å². The summed E-state index contributed by atoms with van der Waals surface area (Å²) in [7, 11) is -4.29. The average Bonchev–Trinajstić information content (AvgIpc) is 2.13. The minimum Gasteiger partial charge on any atom is -0.351 e. The van der Waals surface area contributed by atoms with Crippen LogP contribution in [0.25, 0.3) is 0 Å². The molecule has 0 saturated carbocycles. The van der Waals surface area contributed by atoms with Crippen molar-refractivity contribution in [1.29, 1.82) is 0 Å². The molecule has 0 aliphatic carbocycles. The number of urea groups is 1. The molecule has 0 atom stereocenters. The fourth-order valence-corrected chi connectivity index (χ4v) is 2.39. The van der Waals surface area contributed by atoms with Gasteiger partial charge in [-0.1, -0.05) is 12.1 Å². The first-order valence-electron chi connectivity index (χ1n) is 3.70. The van der Waals surface area contributed by atoms with Crippen molar-refractivity contribution in [2.75, 3.05) is 0 Å². The molecule has 0 radical (unpaired) electrons. The van der Waals surface area contributed by atoms with Crippen LogP contribution >= 0.6 is 11.9 Å². The van der Waals surface area contributed by atoms with E-state index < -0.39 is 16.1 Å². The molecule has 0 aliphatic rings. The molecule has 0 spiro atoms. The zero-order valence-electron chi connectivity index (χ0n) is 7.38. The Kier molecular flexibility index (Phi) is 3.56. The third-order valence-electron chi connectivity index (χ3n) is 1.39. The summed E-state index contributed by atoms with van der Waals surface area (Å²) in [5.41, 5.74) is 4.82. The fourth-order valence-electron chi connectivity index (χ4n) is 0.853. The molecule has 4 N–H and O–H groups in total. The van der Waals surface area contributed by atoms with Crippen molar-refractivity contribution in [3.05, 3.63) is 24.3 Å². The van der Waals surface area contributed by atoms with Gasteiger partial charge in [0.05, 0.1) is 0 Å². The first-order valence-corrected chi connectivity index (χ1v) is 5.95. The first-order chi connectivity index (χ1) is 6.91. The molecule has 0 aromatic heterocycles. The van der Waals surface area contributed by atoms with E-state index in [0.717, 1.165) is 11.9 Å². The van der Waals surface area contributed by atoms with Crippen molar-refractivity contribution in [2.45, 2.75) is 9.79 Å². The molecule has 1 rings (SSSR count). The Balaban J connectivity index is 3.02. The van der Waals surface area contributed by atoms with E-state index >= 15 is 0 Å². The smallest absolute Gasteiger partial charge is 0.322 e. The molecule has 6 nitrogen and oxygen atoms in total. The fraction of sp³-hybridized carbons (Fsp3) is 0. The molecule has 0 fully saturated rings. The van der Waals surface area contributed by atoms with Crippen molar-refractivity contribution in [2.24, 2.45) is 5.73 Å². The highest BCUT2D eigenvalue weighted by atomic mass is 32.2. The number of carbonyl (C=O) groups excluding carboxylic acids is 1. The second kappa shape index (κ2) is 4.51. The summed E-state index contributed by atoms with van der Waals surface area (Å²) in [6.07, 6.45) is 0. The van der Waals surface area contributed by atoms with Gasteiger partial charge in [-0.05, 0) is 24.1 Å². The minimum atomic E-state index is -4.29. The zero-order chi connectivity index (χ0) is 11.5.